The summed E-state index contributed by atoms with van der Waals surface area (Å²) in [5, 5.41) is 0. The minimum absolute atomic E-state index is 0.0907. The van der Waals surface area contributed by atoms with E-state index in [1.54, 1.807) is 31.4 Å². The fourth-order valence-electron chi connectivity index (χ4n) is 1.99. The summed E-state index contributed by atoms with van der Waals surface area (Å²) < 4.78 is 10.9. The largest absolute Gasteiger partial charge is 0.497 e. The number of hydrogen-bond donors (Lipinski definition) is 1. The molecule has 5 heteroatoms. The van der Waals surface area contributed by atoms with E-state index in [9.17, 15) is 4.79 Å². The van der Waals surface area contributed by atoms with E-state index in [0.29, 0.717) is 17.0 Å². The highest BCUT2D eigenvalue weighted by Crippen LogP contribution is 2.23. The van der Waals surface area contributed by atoms with Gasteiger partial charge in [0.2, 0.25) is 0 Å². The highest BCUT2D eigenvalue weighted by molar-refractivity contribution is 5.97. The minimum atomic E-state index is -0.0907. The number of ketones is 1. The van der Waals surface area contributed by atoms with Gasteiger partial charge in [-0.2, -0.15) is 0 Å². The number of nitrogen functional groups attached to an aromatic ring is 1. The number of methoxy groups -OCH3 is 1. The molecule has 1 aromatic heterocycles. The van der Waals surface area contributed by atoms with E-state index < -0.39 is 0 Å². The Balaban J connectivity index is 2.20. The van der Waals surface area contributed by atoms with Crippen LogP contribution in [0.25, 0.3) is 0 Å². The highest BCUT2D eigenvalue weighted by Gasteiger charge is 2.10. The number of anilines is 1. The molecule has 2 rings (SSSR count). The zero-order chi connectivity index (χ0) is 15.4. The number of Topliss-reactive ketones (excluding diaryl/α,β-unsaturated/α-hetero) is 1. The Hall–Kier alpha value is -2.56. The second-order valence-electron chi connectivity index (χ2n) is 4.74. The number of benzene rings is 1. The van der Waals surface area contributed by atoms with Crippen LogP contribution in [0.4, 0.5) is 5.69 Å². The number of hydrogen-bond acceptors (Lipinski definition) is 5. The predicted octanol–water partition coefficient (Wildman–Crippen LogP) is 2.76. The molecule has 0 saturated heterocycles. The summed E-state index contributed by atoms with van der Waals surface area (Å²) in [6.07, 6.45) is 0. The molecule has 0 saturated carbocycles. The number of carbonyl (C=O) groups excluding carboxylic acids is 1. The van der Waals surface area contributed by atoms with Crippen molar-refractivity contribution in [3.63, 3.8) is 0 Å². The molecule has 2 aromatic rings. The lowest BCUT2D eigenvalue weighted by Crippen LogP contribution is -2.04. The Labute approximate surface area is 123 Å². The molecule has 0 radical (unpaired) electrons. The standard InChI is InChI=1S/C16H18N2O3/c1-10-6-14(20-3)8-13(18-10)9-21-16-5-4-12(17)7-15(16)11(2)19/h4-8H,9,17H2,1-3H3. The Morgan fingerprint density at radius 2 is 2.05 bits per heavy atom. The number of rotatable bonds is 5. The number of aryl methyl sites for hydroxylation is 1. The van der Waals surface area contributed by atoms with E-state index in [0.717, 1.165) is 17.1 Å². The van der Waals surface area contributed by atoms with Gasteiger partial charge in [0.1, 0.15) is 18.1 Å². The number of aromatic nitrogens is 1. The third-order valence-corrected chi connectivity index (χ3v) is 2.97. The number of ether oxygens (including phenoxy) is 2. The van der Waals surface area contributed by atoms with Gasteiger partial charge in [-0.25, -0.2) is 0 Å². The van der Waals surface area contributed by atoms with E-state index in [2.05, 4.69) is 4.98 Å². The zero-order valence-corrected chi connectivity index (χ0v) is 12.3. The molecule has 0 fully saturated rings. The molecule has 2 N–H and O–H groups in total. The summed E-state index contributed by atoms with van der Waals surface area (Å²) in [4.78, 5) is 16.0. The van der Waals surface area contributed by atoms with Gasteiger partial charge < -0.3 is 15.2 Å². The maximum Gasteiger partial charge on any atom is 0.163 e. The van der Waals surface area contributed by atoms with Crippen LogP contribution in [-0.2, 0) is 6.61 Å². The summed E-state index contributed by atoms with van der Waals surface area (Å²) in [5.74, 6) is 1.14. The lowest BCUT2D eigenvalue weighted by atomic mass is 10.1. The first-order valence-corrected chi connectivity index (χ1v) is 6.54. The van der Waals surface area contributed by atoms with Crippen LogP contribution < -0.4 is 15.2 Å². The van der Waals surface area contributed by atoms with Crippen molar-refractivity contribution in [2.24, 2.45) is 0 Å². The lowest BCUT2D eigenvalue weighted by Gasteiger charge is -2.11. The molecule has 21 heavy (non-hydrogen) atoms. The molecule has 0 aliphatic carbocycles. The van der Waals surface area contributed by atoms with Crippen molar-refractivity contribution in [2.45, 2.75) is 20.5 Å². The van der Waals surface area contributed by atoms with Crippen molar-refractivity contribution in [1.29, 1.82) is 0 Å². The van der Waals surface area contributed by atoms with Crippen molar-refractivity contribution in [2.75, 3.05) is 12.8 Å². The van der Waals surface area contributed by atoms with Crippen LogP contribution in [-0.4, -0.2) is 17.9 Å². The van der Waals surface area contributed by atoms with E-state index in [1.807, 2.05) is 13.0 Å². The normalized spacial score (nSPS) is 10.2. The molecule has 0 bridgehead atoms. The van der Waals surface area contributed by atoms with E-state index in [-0.39, 0.29) is 12.4 Å². The first-order chi connectivity index (χ1) is 9.99. The molecule has 1 heterocycles. The summed E-state index contributed by atoms with van der Waals surface area (Å²) >= 11 is 0. The first kappa shape index (κ1) is 14.8. The second-order valence-corrected chi connectivity index (χ2v) is 4.74. The van der Waals surface area contributed by atoms with Gasteiger partial charge in [0.25, 0.3) is 0 Å². The Kier molecular flexibility index (Phi) is 4.42. The van der Waals surface area contributed by atoms with Crippen LogP contribution in [0.2, 0.25) is 0 Å². The number of nitrogens with two attached hydrogens (primary N) is 1. The average Bonchev–Trinajstić information content (AvgIpc) is 2.45. The highest BCUT2D eigenvalue weighted by atomic mass is 16.5. The van der Waals surface area contributed by atoms with Crippen molar-refractivity contribution < 1.29 is 14.3 Å². The van der Waals surface area contributed by atoms with Crippen molar-refractivity contribution >= 4 is 11.5 Å². The maximum absolute atomic E-state index is 11.6. The third-order valence-electron chi connectivity index (χ3n) is 2.97. The Bertz CT molecular complexity index is 669. The fourth-order valence-corrected chi connectivity index (χ4v) is 1.99. The van der Waals surface area contributed by atoms with E-state index >= 15 is 0 Å². The number of nitrogens with zero attached hydrogens (tertiary/aromatic N) is 1. The fraction of sp³-hybridized carbons (Fsp3) is 0.250. The smallest absolute Gasteiger partial charge is 0.163 e. The van der Waals surface area contributed by atoms with Crippen LogP contribution >= 0.6 is 0 Å². The third kappa shape index (κ3) is 3.72. The number of carbonyl (C=O) groups is 1. The van der Waals surface area contributed by atoms with Gasteiger partial charge in [-0.05, 0) is 32.0 Å². The molecular weight excluding hydrogens is 268 g/mol. The Morgan fingerprint density at radius 1 is 1.29 bits per heavy atom. The maximum atomic E-state index is 11.6. The van der Waals surface area contributed by atoms with Gasteiger partial charge >= 0.3 is 0 Å². The van der Waals surface area contributed by atoms with Gasteiger partial charge in [-0.15, -0.1) is 0 Å². The molecule has 0 amide bonds. The summed E-state index contributed by atoms with van der Waals surface area (Å²) in [6, 6.07) is 8.65. The van der Waals surface area contributed by atoms with Gasteiger partial charge in [-0.3, -0.25) is 9.78 Å². The van der Waals surface area contributed by atoms with Crippen LogP contribution in [0.15, 0.2) is 30.3 Å². The van der Waals surface area contributed by atoms with Crippen molar-refractivity contribution in [1.82, 2.24) is 4.98 Å². The quantitative estimate of drug-likeness (QED) is 0.675. The monoisotopic (exact) mass is 286 g/mol. The lowest BCUT2D eigenvalue weighted by molar-refractivity contribution is 0.101. The molecule has 0 aliphatic rings. The average molecular weight is 286 g/mol. The molecule has 5 nitrogen and oxygen atoms in total. The van der Waals surface area contributed by atoms with Crippen LogP contribution in [0.3, 0.4) is 0 Å². The van der Waals surface area contributed by atoms with E-state index in [1.165, 1.54) is 6.92 Å². The van der Waals surface area contributed by atoms with Gasteiger partial charge in [0.15, 0.2) is 5.78 Å². The topological polar surface area (TPSA) is 74.4 Å². The van der Waals surface area contributed by atoms with Crippen molar-refractivity contribution in [3.8, 4) is 11.5 Å². The molecular formula is C16H18N2O3. The SMILES string of the molecule is COc1cc(C)nc(COc2ccc(N)cc2C(C)=O)c1. The molecule has 0 unspecified atom stereocenters. The van der Waals surface area contributed by atoms with Gasteiger partial charge in [0.05, 0.1) is 18.4 Å². The molecule has 0 aliphatic heterocycles. The first-order valence-electron chi connectivity index (χ1n) is 6.54. The van der Waals surface area contributed by atoms with Gasteiger partial charge in [0, 0.05) is 23.5 Å². The molecule has 0 spiro atoms. The molecule has 1 aromatic carbocycles. The predicted molar refractivity (Wildman–Crippen MR) is 80.7 cm³/mol. The summed E-state index contributed by atoms with van der Waals surface area (Å²) in [6.45, 7) is 3.62. The van der Waals surface area contributed by atoms with Crippen LogP contribution in [0.1, 0.15) is 28.7 Å². The molecule has 110 valence electrons. The summed E-state index contributed by atoms with van der Waals surface area (Å²) in [5.41, 5.74) is 8.27. The number of pyridine rings is 1. The van der Waals surface area contributed by atoms with Gasteiger partial charge in [-0.1, -0.05) is 0 Å². The zero-order valence-electron chi connectivity index (χ0n) is 12.3. The second kappa shape index (κ2) is 6.26. The van der Waals surface area contributed by atoms with E-state index in [4.69, 9.17) is 15.2 Å². The Morgan fingerprint density at radius 3 is 2.71 bits per heavy atom. The summed E-state index contributed by atoms with van der Waals surface area (Å²) in [7, 11) is 1.60. The van der Waals surface area contributed by atoms with Crippen LogP contribution in [0.5, 0.6) is 11.5 Å². The molecule has 0 atom stereocenters. The van der Waals surface area contributed by atoms with Crippen LogP contribution in [0, 0.1) is 6.92 Å². The minimum Gasteiger partial charge on any atom is -0.497 e. The van der Waals surface area contributed by atoms with Crippen molar-refractivity contribution in [3.05, 3.63) is 47.3 Å².